The van der Waals surface area contributed by atoms with E-state index in [4.69, 9.17) is 9.47 Å². The van der Waals surface area contributed by atoms with Gasteiger partial charge in [0.05, 0.1) is 26.5 Å². The summed E-state index contributed by atoms with van der Waals surface area (Å²) >= 11 is 0. The molecule has 1 saturated heterocycles. The Morgan fingerprint density at radius 2 is 1.88 bits per heavy atom. The number of aromatic amines is 1. The second-order valence-corrected chi connectivity index (χ2v) is 8.38. The zero-order valence-electron chi connectivity index (χ0n) is 19.5. The third kappa shape index (κ3) is 4.66. The number of aryl methyl sites for hydroxylation is 1. The molecule has 1 fully saturated rings. The van der Waals surface area contributed by atoms with Crippen molar-refractivity contribution in [3.8, 4) is 5.75 Å². The number of methoxy groups -OCH3 is 2. The van der Waals surface area contributed by atoms with Gasteiger partial charge in [-0.15, -0.1) is 0 Å². The summed E-state index contributed by atoms with van der Waals surface area (Å²) in [7, 11) is 2.99. The van der Waals surface area contributed by atoms with Crippen molar-refractivity contribution in [2.45, 2.75) is 19.9 Å². The number of anilines is 2. The van der Waals surface area contributed by atoms with E-state index in [0.717, 1.165) is 47.5 Å². The molecular weight excluding hydrogens is 420 g/mol. The fraction of sp³-hybridized carbons (Fsp3) is 0.360. The average molecular weight is 451 g/mol. The standard InChI is InChI=1S/C25H30N4O4/c1-16-6-5-7-20-22(16)23(24(26-20)25(31)33-4)27-21(30)15-28-12-13-29(14-17(28)2)18-8-10-19(32-3)11-9-18/h5-11,17,26H,12-15H2,1-4H3,(H,27,30)/t17-/m1/s1. The lowest BCUT2D eigenvalue weighted by atomic mass is 10.1. The zero-order chi connectivity index (χ0) is 23.5. The average Bonchev–Trinajstić information content (AvgIpc) is 3.19. The summed E-state index contributed by atoms with van der Waals surface area (Å²) in [6.07, 6.45) is 0. The number of amides is 1. The van der Waals surface area contributed by atoms with E-state index < -0.39 is 5.97 Å². The van der Waals surface area contributed by atoms with Gasteiger partial charge in [-0.2, -0.15) is 0 Å². The summed E-state index contributed by atoms with van der Waals surface area (Å²) in [6.45, 7) is 6.73. The van der Waals surface area contributed by atoms with Crippen LogP contribution in [-0.4, -0.2) is 68.2 Å². The van der Waals surface area contributed by atoms with Gasteiger partial charge in [-0.05, 0) is 49.7 Å². The molecule has 1 aliphatic heterocycles. The number of hydrogen-bond donors (Lipinski definition) is 2. The van der Waals surface area contributed by atoms with E-state index in [1.807, 2.05) is 37.3 Å². The van der Waals surface area contributed by atoms with Crippen LogP contribution in [-0.2, 0) is 9.53 Å². The second kappa shape index (κ2) is 9.54. The molecule has 2 aromatic carbocycles. The Labute approximate surface area is 193 Å². The molecular formula is C25H30N4O4. The van der Waals surface area contributed by atoms with Crippen molar-refractivity contribution in [2.24, 2.45) is 0 Å². The van der Waals surface area contributed by atoms with Crippen molar-refractivity contribution in [1.29, 1.82) is 0 Å². The summed E-state index contributed by atoms with van der Waals surface area (Å²) in [4.78, 5) is 32.9. The van der Waals surface area contributed by atoms with Crippen LogP contribution in [0.25, 0.3) is 10.9 Å². The van der Waals surface area contributed by atoms with E-state index >= 15 is 0 Å². The van der Waals surface area contributed by atoms with Crippen molar-refractivity contribution in [2.75, 3.05) is 50.6 Å². The summed E-state index contributed by atoms with van der Waals surface area (Å²) in [5, 5.41) is 3.80. The molecule has 33 heavy (non-hydrogen) atoms. The highest BCUT2D eigenvalue weighted by atomic mass is 16.5. The molecule has 8 heteroatoms. The van der Waals surface area contributed by atoms with Crippen molar-refractivity contribution >= 4 is 34.2 Å². The van der Waals surface area contributed by atoms with E-state index in [-0.39, 0.29) is 24.2 Å². The van der Waals surface area contributed by atoms with E-state index in [2.05, 4.69) is 39.2 Å². The molecule has 0 saturated carbocycles. The maximum absolute atomic E-state index is 13.0. The highest BCUT2D eigenvalue weighted by molar-refractivity contribution is 6.12. The fourth-order valence-electron chi connectivity index (χ4n) is 4.43. The first-order valence-electron chi connectivity index (χ1n) is 11.0. The number of ether oxygens (including phenoxy) is 2. The van der Waals surface area contributed by atoms with E-state index in [1.54, 1.807) is 7.11 Å². The molecule has 8 nitrogen and oxygen atoms in total. The molecule has 174 valence electrons. The van der Waals surface area contributed by atoms with Crippen molar-refractivity contribution in [1.82, 2.24) is 9.88 Å². The Hall–Kier alpha value is -3.52. The Morgan fingerprint density at radius 3 is 2.55 bits per heavy atom. The Bertz CT molecular complexity index is 1160. The van der Waals surface area contributed by atoms with Gasteiger partial charge in [-0.3, -0.25) is 9.69 Å². The van der Waals surface area contributed by atoms with E-state index in [1.165, 1.54) is 7.11 Å². The number of nitrogens with zero attached hydrogens (tertiary/aromatic N) is 2. The maximum atomic E-state index is 13.0. The van der Waals surface area contributed by atoms with Gasteiger partial charge in [-0.1, -0.05) is 12.1 Å². The lowest BCUT2D eigenvalue weighted by Crippen LogP contribution is -2.53. The van der Waals surface area contributed by atoms with Gasteiger partial charge in [0.1, 0.15) is 11.4 Å². The van der Waals surface area contributed by atoms with Crippen molar-refractivity contribution in [3.05, 3.63) is 53.7 Å². The largest absolute Gasteiger partial charge is 0.497 e. The Morgan fingerprint density at radius 1 is 1.12 bits per heavy atom. The van der Waals surface area contributed by atoms with Crippen LogP contribution in [0.2, 0.25) is 0 Å². The van der Waals surface area contributed by atoms with Crippen molar-refractivity contribution in [3.63, 3.8) is 0 Å². The minimum absolute atomic E-state index is 0.158. The molecule has 0 radical (unpaired) electrons. The number of hydrogen-bond acceptors (Lipinski definition) is 6. The molecule has 1 aliphatic rings. The Kier molecular flexibility index (Phi) is 6.55. The molecule has 1 amide bonds. The Balaban J connectivity index is 1.45. The number of fused-ring (bicyclic) bond motifs is 1. The minimum Gasteiger partial charge on any atom is -0.497 e. The molecule has 0 bridgehead atoms. The van der Waals surface area contributed by atoms with Gasteiger partial charge in [0.2, 0.25) is 5.91 Å². The number of benzene rings is 2. The molecule has 0 aliphatic carbocycles. The van der Waals surface area contributed by atoms with Gasteiger partial charge < -0.3 is 24.7 Å². The van der Waals surface area contributed by atoms with Crippen LogP contribution in [0.4, 0.5) is 11.4 Å². The van der Waals surface area contributed by atoms with Crippen LogP contribution in [0, 0.1) is 6.92 Å². The van der Waals surface area contributed by atoms with Crippen LogP contribution < -0.4 is 15.0 Å². The highest BCUT2D eigenvalue weighted by Crippen LogP contribution is 2.31. The smallest absolute Gasteiger partial charge is 0.356 e. The summed E-state index contributed by atoms with van der Waals surface area (Å²) < 4.78 is 10.2. The second-order valence-electron chi connectivity index (χ2n) is 8.38. The van der Waals surface area contributed by atoms with E-state index in [0.29, 0.717) is 5.69 Å². The van der Waals surface area contributed by atoms with Gasteiger partial charge in [0.25, 0.3) is 0 Å². The van der Waals surface area contributed by atoms with Crippen molar-refractivity contribution < 1.29 is 19.1 Å². The van der Waals surface area contributed by atoms with Crippen LogP contribution >= 0.6 is 0 Å². The highest BCUT2D eigenvalue weighted by Gasteiger charge is 2.27. The fourth-order valence-corrected chi connectivity index (χ4v) is 4.43. The van der Waals surface area contributed by atoms with Crippen LogP contribution in [0.15, 0.2) is 42.5 Å². The first kappa shape index (κ1) is 22.7. The van der Waals surface area contributed by atoms with Gasteiger partial charge >= 0.3 is 5.97 Å². The number of aromatic nitrogens is 1. The van der Waals surface area contributed by atoms with Crippen LogP contribution in [0.3, 0.4) is 0 Å². The van der Waals surface area contributed by atoms with E-state index in [9.17, 15) is 9.59 Å². The molecule has 3 aromatic rings. The number of esters is 1. The molecule has 2 N–H and O–H groups in total. The quantitative estimate of drug-likeness (QED) is 0.560. The van der Waals surface area contributed by atoms with Gasteiger partial charge in [0.15, 0.2) is 0 Å². The summed E-state index contributed by atoms with van der Waals surface area (Å²) in [5.41, 5.74) is 3.63. The molecule has 0 unspecified atom stereocenters. The van der Waals surface area contributed by atoms with Gasteiger partial charge in [0, 0.05) is 42.3 Å². The predicted octanol–water partition coefficient (Wildman–Crippen LogP) is 3.42. The molecule has 4 rings (SSSR count). The molecule has 1 atom stereocenters. The third-order valence-electron chi connectivity index (χ3n) is 6.24. The maximum Gasteiger partial charge on any atom is 0.356 e. The monoisotopic (exact) mass is 450 g/mol. The molecule has 1 aromatic heterocycles. The lowest BCUT2D eigenvalue weighted by molar-refractivity contribution is -0.117. The summed E-state index contributed by atoms with van der Waals surface area (Å²) in [5.74, 6) is 0.164. The SMILES string of the molecule is COC(=O)c1[nH]c2cccc(C)c2c1NC(=O)CN1CCN(c2ccc(OC)cc2)C[C@H]1C. The first-order chi connectivity index (χ1) is 15.9. The third-order valence-corrected chi connectivity index (χ3v) is 6.24. The number of nitrogens with one attached hydrogen (secondary N) is 2. The lowest BCUT2D eigenvalue weighted by Gasteiger charge is -2.40. The topological polar surface area (TPSA) is 86.9 Å². The summed E-state index contributed by atoms with van der Waals surface area (Å²) in [6, 6.07) is 14.0. The molecule has 0 spiro atoms. The first-order valence-corrected chi connectivity index (χ1v) is 11.0. The number of carbonyl (C=O) groups excluding carboxylic acids is 2. The number of carbonyl (C=O) groups is 2. The minimum atomic E-state index is -0.512. The molecule has 2 heterocycles. The normalized spacial score (nSPS) is 16.6. The van der Waals surface area contributed by atoms with Crippen LogP contribution in [0.1, 0.15) is 23.0 Å². The number of piperazine rings is 1. The van der Waals surface area contributed by atoms with Gasteiger partial charge in [-0.25, -0.2) is 4.79 Å². The predicted molar refractivity (Wildman–Crippen MR) is 129 cm³/mol. The van der Waals surface area contributed by atoms with Crippen LogP contribution in [0.5, 0.6) is 5.75 Å². The number of rotatable bonds is 6. The number of H-pyrrole nitrogens is 1. The zero-order valence-corrected chi connectivity index (χ0v) is 19.5.